The number of hydrogen-bond acceptors (Lipinski definition) is 6. The van der Waals surface area contributed by atoms with Gasteiger partial charge < -0.3 is 10.1 Å². The van der Waals surface area contributed by atoms with Crippen LogP contribution in [0.5, 0.6) is 0 Å². The van der Waals surface area contributed by atoms with Crippen molar-refractivity contribution in [2.24, 2.45) is 0 Å². The maximum atomic E-state index is 12.8. The Hall–Kier alpha value is -3.14. The van der Waals surface area contributed by atoms with Crippen LogP contribution in [0.3, 0.4) is 0 Å². The van der Waals surface area contributed by atoms with Gasteiger partial charge in [-0.2, -0.15) is 5.26 Å². The number of rotatable bonds is 3. The van der Waals surface area contributed by atoms with Crippen LogP contribution in [0.2, 0.25) is 0 Å². The number of nitrogens with one attached hydrogen (secondary N) is 1. The molecule has 0 aromatic heterocycles. The number of nitro benzene ring substituents is 1. The van der Waals surface area contributed by atoms with Crippen LogP contribution in [0.1, 0.15) is 46.1 Å². The molecule has 1 aromatic rings. The van der Waals surface area contributed by atoms with Crippen LogP contribution in [0.4, 0.5) is 5.69 Å². The lowest BCUT2D eigenvalue weighted by molar-refractivity contribution is -0.384. The van der Waals surface area contributed by atoms with Crippen molar-refractivity contribution in [3.8, 4) is 6.07 Å². The van der Waals surface area contributed by atoms with Crippen LogP contribution in [0.25, 0.3) is 0 Å². The van der Waals surface area contributed by atoms with Crippen molar-refractivity contribution in [2.75, 3.05) is 0 Å². The third-order valence-corrected chi connectivity index (χ3v) is 3.91. The molecule has 1 heterocycles. The lowest BCUT2D eigenvalue weighted by Gasteiger charge is -2.30. The number of nitriles is 1. The fourth-order valence-electron chi connectivity index (χ4n) is 2.90. The van der Waals surface area contributed by atoms with E-state index in [-0.39, 0.29) is 11.3 Å². The van der Waals surface area contributed by atoms with Gasteiger partial charge >= 0.3 is 5.97 Å². The highest BCUT2D eigenvalue weighted by atomic mass is 16.6. The van der Waals surface area contributed by atoms with Gasteiger partial charge in [0.1, 0.15) is 5.60 Å². The summed E-state index contributed by atoms with van der Waals surface area (Å²) in [6, 6.07) is 8.10. The number of carbonyl (C=O) groups is 1. The van der Waals surface area contributed by atoms with Gasteiger partial charge in [-0.05, 0) is 40.2 Å². The van der Waals surface area contributed by atoms with Gasteiger partial charge in [-0.1, -0.05) is 12.1 Å². The Kier molecular flexibility index (Phi) is 5.17. The van der Waals surface area contributed by atoms with Crippen LogP contribution < -0.4 is 5.32 Å². The number of non-ortho nitro benzene ring substituents is 1. The van der Waals surface area contributed by atoms with Crippen molar-refractivity contribution < 1.29 is 14.5 Å². The van der Waals surface area contributed by atoms with Gasteiger partial charge in [0.2, 0.25) is 0 Å². The SMILES string of the molecule is CC1=C(C#N)C(c2cccc([N+](=O)[O-])c2)C(C(=O)OC(C)(C)C)=C(C)N1. The molecule has 0 amide bonds. The average Bonchev–Trinajstić information content (AvgIpc) is 2.52. The first-order valence-corrected chi connectivity index (χ1v) is 8.11. The average molecular weight is 355 g/mol. The summed E-state index contributed by atoms with van der Waals surface area (Å²) in [5.74, 6) is -1.28. The second-order valence-electron chi connectivity index (χ2n) is 7.10. The normalized spacial score (nSPS) is 17.5. The lowest BCUT2D eigenvalue weighted by Crippen LogP contribution is -2.32. The topological polar surface area (TPSA) is 105 Å². The molecular formula is C19H21N3O4. The number of allylic oxidation sites excluding steroid dienone is 3. The number of nitrogens with zero attached hydrogens (tertiary/aromatic N) is 2. The molecule has 0 aliphatic carbocycles. The Morgan fingerprint density at radius 3 is 2.50 bits per heavy atom. The second-order valence-corrected chi connectivity index (χ2v) is 7.10. The van der Waals surface area contributed by atoms with Gasteiger partial charge in [0.15, 0.2) is 0 Å². The molecule has 0 fully saturated rings. The number of benzene rings is 1. The minimum atomic E-state index is -0.726. The molecule has 1 aliphatic rings. The Labute approximate surface area is 152 Å². The molecular weight excluding hydrogens is 334 g/mol. The first-order chi connectivity index (χ1) is 12.0. The van der Waals surface area contributed by atoms with E-state index in [1.54, 1.807) is 46.8 Å². The summed E-state index contributed by atoms with van der Waals surface area (Å²) >= 11 is 0. The Balaban J connectivity index is 2.63. The molecule has 7 heteroatoms. The van der Waals surface area contributed by atoms with Gasteiger partial charge in [0.05, 0.1) is 28.1 Å². The minimum Gasteiger partial charge on any atom is -0.457 e. The molecule has 0 spiro atoms. The number of carbonyl (C=O) groups excluding carboxylic acids is 1. The van der Waals surface area contributed by atoms with E-state index < -0.39 is 22.4 Å². The van der Waals surface area contributed by atoms with E-state index in [1.807, 2.05) is 0 Å². The molecule has 26 heavy (non-hydrogen) atoms. The van der Waals surface area contributed by atoms with E-state index >= 15 is 0 Å². The third-order valence-electron chi connectivity index (χ3n) is 3.91. The number of hydrogen-bond donors (Lipinski definition) is 1. The fourth-order valence-corrected chi connectivity index (χ4v) is 2.90. The maximum absolute atomic E-state index is 12.8. The Bertz CT molecular complexity index is 870. The molecule has 1 N–H and O–H groups in total. The zero-order valence-electron chi connectivity index (χ0n) is 15.4. The minimum absolute atomic E-state index is 0.0998. The summed E-state index contributed by atoms with van der Waals surface area (Å²) in [6.45, 7) is 8.72. The van der Waals surface area contributed by atoms with E-state index in [1.165, 1.54) is 12.1 Å². The van der Waals surface area contributed by atoms with Crippen LogP contribution in [-0.4, -0.2) is 16.5 Å². The third kappa shape index (κ3) is 3.91. The summed E-state index contributed by atoms with van der Waals surface area (Å²) in [6.07, 6.45) is 0. The molecule has 1 aromatic carbocycles. The van der Waals surface area contributed by atoms with Crippen molar-refractivity contribution in [1.29, 1.82) is 5.26 Å². The largest absolute Gasteiger partial charge is 0.457 e. The molecule has 0 radical (unpaired) electrons. The van der Waals surface area contributed by atoms with Gasteiger partial charge in [0, 0.05) is 23.5 Å². The van der Waals surface area contributed by atoms with E-state index in [4.69, 9.17) is 4.74 Å². The number of nitro groups is 1. The van der Waals surface area contributed by atoms with Crippen molar-refractivity contribution in [3.63, 3.8) is 0 Å². The van der Waals surface area contributed by atoms with Crippen molar-refractivity contribution in [1.82, 2.24) is 5.32 Å². The number of dihydropyridines is 1. The first-order valence-electron chi connectivity index (χ1n) is 8.11. The summed E-state index contributed by atoms with van der Waals surface area (Å²) in [4.78, 5) is 23.4. The number of ether oxygens (including phenoxy) is 1. The van der Waals surface area contributed by atoms with Crippen molar-refractivity contribution in [2.45, 2.75) is 46.1 Å². The van der Waals surface area contributed by atoms with Crippen LogP contribution >= 0.6 is 0 Å². The lowest BCUT2D eigenvalue weighted by atomic mass is 9.81. The van der Waals surface area contributed by atoms with Crippen LogP contribution in [0.15, 0.2) is 46.8 Å². The zero-order chi connectivity index (χ0) is 19.6. The van der Waals surface area contributed by atoms with Gasteiger partial charge in [0.25, 0.3) is 5.69 Å². The summed E-state index contributed by atoms with van der Waals surface area (Å²) in [7, 11) is 0. The van der Waals surface area contributed by atoms with Crippen molar-refractivity contribution in [3.05, 3.63) is 62.5 Å². The van der Waals surface area contributed by atoms with E-state index in [2.05, 4.69) is 11.4 Å². The van der Waals surface area contributed by atoms with Gasteiger partial charge in [-0.15, -0.1) is 0 Å². The highest BCUT2D eigenvalue weighted by Crippen LogP contribution is 2.39. The van der Waals surface area contributed by atoms with Gasteiger partial charge in [-0.3, -0.25) is 10.1 Å². The maximum Gasteiger partial charge on any atom is 0.337 e. The van der Waals surface area contributed by atoms with Crippen LogP contribution in [0, 0.1) is 21.4 Å². The van der Waals surface area contributed by atoms with Crippen molar-refractivity contribution >= 4 is 11.7 Å². The number of esters is 1. The van der Waals surface area contributed by atoms with E-state index in [0.717, 1.165) is 0 Å². The highest BCUT2D eigenvalue weighted by Gasteiger charge is 2.36. The predicted octanol–water partition coefficient (Wildman–Crippen LogP) is 3.69. The van der Waals surface area contributed by atoms with Crippen LogP contribution in [-0.2, 0) is 9.53 Å². The smallest absolute Gasteiger partial charge is 0.337 e. The Morgan fingerprint density at radius 2 is 1.96 bits per heavy atom. The molecule has 0 saturated heterocycles. The molecule has 136 valence electrons. The molecule has 1 atom stereocenters. The molecule has 7 nitrogen and oxygen atoms in total. The summed E-state index contributed by atoms with van der Waals surface area (Å²) in [5, 5.41) is 23.8. The zero-order valence-corrected chi connectivity index (χ0v) is 15.4. The van der Waals surface area contributed by atoms with E-state index in [0.29, 0.717) is 22.5 Å². The first kappa shape index (κ1) is 19.2. The standard InChI is InChI=1S/C19H21N3O4/c1-11-15(10-20)17(13-7-6-8-14(9-13)22(24)25)16(12(2)21-11)18(23)26-19(3,4)5/h6-9,17,21H,1-5H3. The highest BCUT2D eigenvalue weighted by molar-refractivity contribution is 5.93. The monoisotopic (exact) mass is 355 g/mol. The molecule has 1 unspecified atom stereocenters. The molecule has 2 rings (SSSR count). The van der Waals surface area contributed by atoms with Gasteiger partial charge in [-0.25, -0.2) is 4.79 Å². The fraction of sp³-hybridized carbons (Fsp3) is 0.368. The Morgan fingerprint density at radius 1 is 1.31 bits per heavy atom. The second kappa shape index (κ2) is 7.00. The molecule has 0 bridgehead atoms. The molecule has 0 saturated carbocycles. The predicted molar refractivity (Wildman–Crippen MR) is 95.8 cm³/mol. The van der Waals surface area contributed by atoms with E-state index in [9.17, 15) is 20.2 Å². The summed E-state index contributed by atoms with van der Waals surface area (Å²) in [5.41, 5.74) is 1.47. The molecule has 1 aliphatic heterocycles. The quantitative estimate of drug-likeness (QED) is 0.503. The summed E-state index contributed by atoms with van der Waals surface area (Å²) < 4.78 is 5.50.